The molecule has 0 N–H and O–H groups in total. The second-order valence-corrected chi connectivity index (χ2v) is 9.14. The molecule has 2 heterocycles. The third-order valence-corrected chi connectivity index (χ3v) is 6.74. The Hall–Kier alpha value is -1.91. The fourth-order valence-electron chi connectivity index (χ4n) is 3.53. The van der Waals surface area contributed by atoms with E-state index in [2.05, 4.69) is 39.8 Å². The van der Waals surface area contributed by atoms with Crippen molar-refractivity contribution in [3.63, 3.8) is 0 Å². The van der Waals surface area contributed by atoms with Gasteiger partial charge in [0.1, 0.15) is 10.7 Å². The van der Waals surface area contributed by atoms with Gasteiger partial charge in [-0.15, -0.1) is 11.8 Å². The summed E-state index contributed by atoms with van der Waals surface area (Å²) in [5, 5.41) is 2.78. The highest BCUT2D eigenvalue weighted by molar-refractivity contribution is 7.98. The summed E-state index contributed by atoms with van der Waals surface area (Å²) in [5.74, 6) is 0.671. The van der Waals surface area contributed by atoms with E-state index in [4.69, 9.17) is 26.6 Å². The standard InChI is InChI=1S/C22H22ClN3S/c1-21(2)16-12-13(23)10-11-14(16)18(26-22(21,3)4)19-24-17-9-7-6-8-15(17)20(25-19)27-5/h6-12H,1-5H3. The minimum atomic E-state index is -0.311. The molecule has 138 valence electrons. The summed E-state index contributed by atoms with van der Waals surface area (Å²) < 4.78 is 0. The van der Waals surface area contributed by atoms with Crippen LogP contribution in [0.1, 0.15) is 44.6 Å². The largest absolute Gasteiger partial charge is 0.274 e. The van der Waals surface area contributed by atoms with Gasteiger partial charge in [-0.1, -0.05) is 49.7 Å². The summed E-state index contributed by atoms with van der Waals surface area (Å²) in [5.41, 5.74) is 3.56. The fraction of sp³-hybridized carbons (Fsp3) is 0.318. The van der Waals surface area contributed by atoms with Crippen molar-refractivity contribution in [3.05, 3.63) is 64.4 Å². The molecule has 0 spiro atoms. The summed E-state index contributed by atoms with van der Waals surface area (Å²) in [6.45, 7) is 8.76. The maximum atomic E-state index is 6.34. The highest BCUT2D eigenvalue weighted by Gasteiger charge is 2.44. The molecule has 0 unspecified atom stereocenters. The highest BCUT2D eigenvalue weighted by atomic mass is 35.5. The molecule has 2 aromatic carbocycles. The number of aliphatic imine (C=N–C) groups is 1. The Kier molecular flexibility index (Phi) is 4.32. The number of aromatic nitrogens is 2. The van der Waals surface area contributed by atoms with Gasteiger partial charge in [0, 0.05) is 21.4 Å². The van der Waals surface area contributed by atoms with Crippen LogP contribution >= 0.6 is 23.4 Å². The maximum Gasteiger partial charge on any atom is 0.180 e. The van der Waals surface area contributed by atoms with Crippen molar-refractivity contribution in [2.75, 3.05) is 6.26 Å². The number of fused-ring (bicyclic) bond motifs is 2. The van der Waals surface area contributed by atoms with Crippen molar-refractivity contribution in [3.8, 4) is 0 Å². The average molecular weight is 396 g/mol. The molecule has 0 radical (unpaired) electrons. The predicted molar refractivity (Wildman–Crippen MR) is 116 cm³/mol. The van der Waals surface area contributed by atoms with Crippen molar-refractivity contribution < 1.29 is 0 Å². The number of para-hydroxylation sites is 1. The van der Waals surface area contributed by atoms with Gasteiger partial charge in [0.25, 0.3) is 0 Å². The van der Waals surface area contributed by atoms with E-state index in [1.807, 2.05) is 36.6 Å². The highest BCUT2D eigenvalue weighted by Crippen LogP contribution is 2.44. The summed E-state index contributed by atoms with van der Waals surface area (Å²) in [7, 11) is 0. The predicted octanol–water partition coefficient (Wildman–Crippen LogP) is 5.91. The van der Waals surface area contributed by atoms with Crippen LogP contribution in [0.5, 0.6) is 0 Å². The molecular weight excluding hydrogens is 374 g/mol. The first-order valence-corrected chi connectivity index (χ1v) is 10.6. The van der Waals surface area contributed by atoms with Crippen LogP contribution in [0, 0.1) is 0 Å². The van der Waals surface area contributed by atoms with Crippen LogP contribution in [0.2, 0.25) is 5.02 Å². The van der Waals surface area contributed by atoms with E-state index in [0.29, 0.717) is 5.82 Å². The Balaban J connectivity index is 2.02. The SMILES string of the molecule is CSc1nc(C2=NC(C)(C)C(C)(C)c3cc(Cl)ccc32)nc2ccccc12. The minimum Gasteiger partial charge on any atom is -0.274 e. The Morgan fingerprint density at radius 1 is 0.963 bits per heavy atom. The second-order valence-electron chi connectivity index (χ2n) is 7.91. The molecule has 1 aliphatic rings. The molecule has 1 aromatic heterocycles. The van der Waals surface area contributed by atoms with E-state index in [1.165, 1.54) is 5.56 Å². The van der Waals surface area contributed by atoms with Crippen molar-refractivity contribution in [2.45, 2.75) is 43.7 Å². The third-order valence-electron chi connectivity index (χ3n) is 5.80. The first-order chi connectivity index (χ1) is 12.7. The molecule has 5 heteroatoms. The zero-order valence-electron chi connectivity index (χ0n) is 16.2. The molecular formula is C22H22ClN3S. The Morgan fingerprint density at radius 3 is 2.44 bits per heavy atom. The van der Waals surface area contributed by atoms with E-state index < -0.39 is 0 Å². The molecule has 27 heavy (non-hydrogen) atoms. The minimum absolute atomic E-state index is 0.157. The Morgan fingerprint density at radius 2 is 1.70 bits per heavy atom. The van der Waals surface area contributed by atoms with Crippen LogP contribution in [0.15, 0.2) is 52.5 Å². The molecule has 0 fully saturated rings. The summed E-state index contributed by atoms with van der Waals surface area (Å²) >= 11 is 7.97. The number of benzene rings is 2. The zero-order chi connectivity index (χ0) is 19.4. The molecule has 0 amide bonds. The number of hydrogen-bond acceptors (Lipinski definition) is 4. The normalized spacial score (nSPS) is 17.5. The number of thioether (sulfide) groups is 1. The zero-order valence-corrected chi connectivity index (χ0v) is 17.7. The summed E-state index contributed by atoms with van der Waals surface area (Å²) in [6, 6.07) is 14.1. The van der Waals surface area contributed by atoms with Crippen molar-refractivity contribution in [2.24, 2.45) is 4.99 Å². The molecule has 4 rings (SSSR count). The van der Waals surface area contributed by atoms with Gasteiger partial charge in [-0.25, -0.2) is 9.97 Å². The molecule has 0 saturated heterocycles. The van der Waals surface area contributed by atoms with Crippen LogP contribution in [0.4, 0.5) is 0 Å². The molecule has 3 aromatic rings. The van der Waals surface area contributed by atoms with Crippen LogP contribution in [0.25, 0.3) is 10.9 Å². The average Bonchev–Trinajstić information content (AvgIpc) is 2.64. The van der Waals surface area contributed by atoms with E-state index >= 15 is 0 Å². The molecule has 0 atom stereocenters. The lowest BCUT2D eigenvalue weighted by molar-refractivity contribution is 0.303. The van der Waals surface area contributed by atoms with E-state index in [0.717, 1.165) is 32.2 Å². The van der Waals surface area contributed by atoms with Gasteiger partial charge in [0.15, 0.2) is 5.82 Å². The van der Waals surface area contributed by atoms with E-state index in [-0.39, 0.29) is 11.0 Å². The molecule has 0 bridgehead atoms. The monoisotopic (exact) mass is 395 g/mol. The quantitative estimate of drug-likeness (QED) is 0.399. The van der Waals surface area contributed by atoms with E-state index in [1.54, 1.807) is 11.8 Å². The Labute approximate surface area is 169 Å². The van der Waals surface area contributed by atoms with Crippen LogP contribution in [0.3, 0.4) is 0 Å². The van der Waals surface area contributed by atoms with Gasteiger partial charge in [-0.05, 0) is 43.9 Å². The molecule has 0 aliphatic carbocycles. The molecule has 3 nitrogen and oxygen atoms in total. The van der Waals surface area contributed by atoms with Crippen molar-refractivity contribution in [1.29, 1.82) is 0 Å². The summed E-state index contributed by atoms with van der Waals surface area (Å²) in [4.78, 5) is 14.8. The van der Waals surface area contributed by atoms with Gasteiger partial charge in [0.05, 0.1) is 11.1 Å². The van der Waals surface area contributed by atoms with Gasteiger partial charge in [-0.3, -0.25) is 4.99 Å². The maximum absolute atomic E-state index is 6.34. The fourth-order valence-corrected chi connectivity index (χ4v) is 4.27. The van der Waals surface area contributed by atoms with Gasteiger partial charge >= 0.3 is 0 Å². The third kappa shape index (κ3) is 2.86. The van der Waals surface area contributed by atoms with Crippen LogP contribution in [-0.2, 0) is 5.41 Å². The first kappa shape index (κ1) is 18.5. The smallest absolute Gasteiger partial charge is 0.180 e. The van der Waals surface area contributed by atoms with Crippen LogP contribution < -0.4 is 0 Å². The lowest BCUT2D eigenvalue weighted by Gasteiger charge is -2.44. The summed E-state index contributed by atoms with van der Waals surface area (Å²) in [6.07, 6.45) is 2.04. The van der Waals surface area contributed by atoms with Crippen molar-refractivity contribution in [1.82, 2.24) is 9.97 Å². The van der Waals surface area contributed by atoms with Crippen LogP contribution in [-0.4, -0.2) is 27.5 Å². The Bertz CT molecular complexity index is 1090. The first-order valence-electron chi connectivity index (χ1n) is 8.96. The number of halogens is 1. The van der Waals surface area contributed by atoms with Gasteiger partial charge in [-0.2, -0.15) is 0 Å². The topological polar surface area (TPSA) is 38.1 Å². The van der Waals surface area contributed by atoms with Gasteiger partial charge < -0.3 is 0 Å². The lowest BCUT2D eigenvalue weighted by Crippen LogP contribution is -2.46. The van der Waals surface area contributed by atoms with Crippen molar-refractivity contribution >= 4 is 40.0 Å². The lowest BCUT2D eigenvalue weighted by atomic mass is 9.66. The second kappa shape index (κ2) is 6.32. The number of hydrogen-bond donors (Lipinski definition) is 0. The molecule has 1 aliphatic heterocycles. The number of nitrogens with zero attached hydrogens (tertiary/aromatic N) is 3. The van der Waals surface area contributed by atoms with Gasteiger partial charge in [0.2, 0.25) is 0 Å². The number of rotatable bonds is 2. The van der Waals surface area contributed by atoms with E-state index in [9.17, 15) is 0 Å². The molecule has 0 saturated carbocycles.